The van der Waals surface area contributed by atoms with Gasteiger partial charge in [-0.1, -0.05) is 66.2 Å². The van der Waals surface area contributed by atoms with Crippen molar-refractivity contribution in [1.29, 1.82) is 0 Å². The first-order valence-corrected chi connectivity index (χ1v) is 9.48. The number of terminal acetylenes is 1. The number of para-hydroxylation sites is 1. The molecule has 1 heterocycles. The van der Waals surface area contributed by atoms with E-state index in [2.05, 4.69) is 33.6 Å². The zero-order chi connectivity index (χ0) is 19.1. The second-order valence-electron chi connectivity index (χ2n) is 5.91. The van der Waals surface area contributed by atoms with Gasteiger partial charge in [-0.05, 0) is 24.6 Å². The van der Waals surface area contributed by atoms with E-state index in [0.29, 0.717) is 11.6 Å². The van der Waals surface area contributed by atoms with Gasteiger partial charge < -0.3 is 5.32 Å². The molecule has 6 heteroatoms. The number of aromatic nitrogens is 3. The van der Waals surface area contributed by atoms with Crippen molar-refractivity contribution in [2.45, 2.75) is 23.8 Å². The lowest BCUT2D eigenvalue weighted by atomic mass is 10.1. The van der Waals surface area contributed by atoms with Gasteiger partial charge in [0.15, 0.2) is 5.16 Å². The maximum Gasteiger partial charge on any atom is 0.234 e. The van der Waals surface area contributed by atoms with Crippen LogP contribution in [0.3, 0.4) is 0 Å². The normalized spacial score (nSPS) is 11.6. The molecule has 0 aliphatic carbocycles. The lowest BCUT2D eigenvalue weighted by Gasteiger charge is -2.13. The highest BCUT2D eigenvalue weighted by Gasteiger charge is 2.20. The summed E-state index contributed by atoms with van der Waals surface area (Å²) < 4.78 is 2.00. The molecule has 1 atom stereocenters. The van der Waals surface area contributed by atoms with Crippen LogP contribution in [0.5, 0.6) is 0 Å². The van der Waals surface area contributed by atoms with Gasteiger partial charge in [-0.2, -0.15) is 0 Å². The highest BCUT2D eigenvalue weighted by Crippen LogP contribution is 2.26. The highest BCUT2D eigenvalue weighted by molar-refractivity contribution is 8.00. The Bertz CT molecular complexity index is 932. The Hall–Kier alpha value is -3.04. The molecule has 1 N–H and O–H groups in total. The quantitative estimate of drug-likeness (QED) is 0.508. The molecule has 1 amide bonds. The molecule has 0 spiro atoms. The zero-order valence-electron chi connectivity index (χ0n) is 15.0. The van der Waals surface area contributed by atoms with Crippen molar-refractivity contribution in [2.75, 3.05) is 6.54 Å². The average molecular weight is 376 g/mol. The first-order chi connectivity index (χ1) is 13.2. The summed E-state index contributed by atoms with van der Waals surface area (Å²) in [7, 11) is 0. The van der Waals surface area contributed by atoms with Crippen LogP contribution in [0.4, 0.5) is 0 Å². The number of nitrogens with zero attached hydrogens (tertiary/aromatic N) is 3. The number of nitrogens with one attached hydrogen (secondary N) is 1. The first kappa shape index (κ1) is 18.7. The Morgan fingerprint density at radius 1 is 1.15 bits per heavy atom. The Labute approximate surface area is 163 Å². The van der Waals surface area contributed by atoms with Gasteiger partial charge in [-0.25, -0.2) is 0 Å². The van der Waals surface area contributed by atoms with Crippen molar-refractivity contribution in [1.82, 2.24) is 20.1 Å². The van der Waals surface area contributed by atoms with E-state index in [9.17, 15) is 4.79 Å². The number of carbonyl (C=O) groups excluding carboxylic acids is 1. The number of rotatable bonds is 7. The van der Waals surface area contributed by atoms with Gasteiger partial charge in [0.2, 0.25) is 5.91 Å². The van der Waals surface area contributed by atoms with E-state index in [0.717, 1.165) is 17.1 Å². The molecular formula is C21H20N4OS. The lowest BCUT2D eigenvalue weighted by Crippen LogP contribution is -2.31. The third-order valence-corrected chi connectivity index (χ3v) is 4.98. The number of benzene rings is 2. The van der Waals surface area contributed by atoms with Crippen LogP contribution in [-0.2, 0) is 11.2 Å². The Balaban J connectivity index is 1.90. The Morgan fingerprint density at radius 2 is 1.81 bits per heavy atom. The Morgan fingerprint density at radius 3 is 2.48 bits per heavy atom. The van der Waals surface area contributed by atoms with E-state index in [1.807, 2.05) is 60.0 Å². The van der Waals surface area contributed by atoms with Crippen LogP contribution in [0.2, 0.25) is 0 Å². The van der Waals surface area contributed by atoms with Crippen LogP contribution in [0.25, 0.3) is 5.69 Å². The minimum Gasteiger partial charge on any atom is -0.344 e. The molecule has 27 heavy (non-hydrogen) atoms. The largest absolute Gasteiger partial charge is 0.344 e. The molecule has 0 radical (unpaired) electrons. The van der Waals surface area contributed by atoms with E-state index < -0.39 is 0 Å². The summed E-state index contributed by atoms with van der Waals surface area (Å²) in [6, 6.07) is 20.0. The van der Waals surface area contributed by atoms with Crippen LogP contribution in [0, 0.1) is 12.3 Å². The summed E-state index contributed by atoms with van der Waals surface area (Å²) in [6.07, 6.45) is 5.86. The van der Waals surface area contributed by atoms with Crippen LogP contribution >= 0.6 is 11.8 Å². The van der Waals surface area contributed by atoms with Gasteiger partial charge in [0.25, 0.3) is 0 Å². The molecule has 1 aromatic heterocycles. The monoisotopic (exact) mass is 376 g/mol. The number of carbonyl (C=O) groups is 1. The smallest absolute Gasteiger partial charge is 0.234 e. The van der Waals surface area contributed by atoms with E-state index in [-0.39, 0.29) is 17.7 Å². The lowest BCUT2D eigenvalue weighted by molar-refractivity contribution is -0.120. The third-order valence-electron chi connectivity index (χ3n) is 3.94. The van der Waals surface area contributed by atoms with E-state index in [1.165, 1.54) is 11.8 Å². The number of thioether (sulfide) groups is 1. The van der Waals surface area contributed by atoms with Gasteiger partial charge in [0, 0.05) is 12.1 Å². The van der Waals surface area contributed by atoms with Crippen molar-refractivity contribution in [3.05, 3.63) is 72.1 Å². The van der Waals surface area contributed by atoms with Gasteiger partial charge in [-0.15, -0.1) is 16.6 Å². The zero-order valence-corrected chi connectivity index (χ0v) is 15.8. The van der Waals surface area contributed by atoms with Crippen LogP contribution in [-0.4, -0.2) is 32.5 Å². The minimum atomic E-state index is -0.338. The molecule has 3 rings (SSSR count). The minimum absolute atomic E-state index is 0.120. The van der Waals surface area contributed by atoms with Crippen molar-refractivity contribution < 1.29 is 4.79 Å². The molecular weight excluding hydrogens is 356 g/mol. The number of hydrogen-bond acceptors (Lipinski definition) is 4. The summed E-state index contributed by atoms with van der Waals surface area (Å²) in [5.74, 6) is 3.12. The fourth-order valence-corrected chi connectivity index (χ4v) is 3.51. The standard InChI is InChI=1S/C21H20N4OS/c1-3-14-22-20(26)16(2)27-21-24-23-19(15-17-10-6-4-7-11-17)25(21)18-12-8-5-9-13-18/h1,4-13,16H,14-15H2,2H3,(H,22,26). The first-order valence-electron chi connectivity index (χ1n) is 8.60. The Kier molecular flexibility index (Phi) is 6.29. The fourth-order valence-electron chi connectivity index (χ4n) is 2.60. The van der Waals surface area contributed by atoms with E-state index in [4.69, 9.17) is 6.42 Å². The molecule has 136 valence electrons. The summed E-state index contributed by atoms with van der Waals surface area (Å²) in [5, 5.41) is 11.8. The second-order valence-corrected chi connectivity index (χ2v) is 7.22. The maximum atomic E-state index is 12.2. The summed E-state index contributed by atoms with van der Waals surface area (Å²) >= 11 is 1.36. The van der Waals surface area contributed by atoms with Crippen molar-refractivity contribution in [3.8, 4) is 18.0 Å². The van der Waals surface area contributed by atoms with Gasteiger partial charge in [0.05, 0.1) is 11.8 Å². The molecule has 0 aliphatic rings. The molecule has 0 bridgehead atoms. The topological polar surface area (TPSA) is 59.8 Å². The molecule has 0 saturated heterocycles. The van der Waals surface area contributed by atoms with Gasteiger partial charge >= 0.3 is 0 Å². The van der Waals surface area contributed by atoms with Crippen molar-refractivity contribution in [2.24, 2.45) is 0 Å². The predicted molar refractivity (Wildman–Crippen MR) is 108 cm³/mol. The number of amides is 1. The van der Waals surface area contributed by atoms with Crippen LogP contribution < -0.4 is 5.32 Å². The average Bonchev–Trinajstić information content (AvgIpc) is 3.09. The molecule has 0 saturated carbocycles. The van der Waals surface area contributed by atoms with Crippen LogP contribution in [0.15, 0.2) is 65.8 Å². The maximum absolute atomic E-state index is 12.2. The summed E-state index contributed by atoms with van der Waals surface area (Å²) in [4.78, 5) is 12.2. The molecule has 3 aromatic rings. The summed E-state index contributed by atoms with van der Waals surface area (Å²) in [6.45, 7) is 2.05. The molecule has 2 aromatic carbocycles. The fraction of sp³-hybridized carbons (Fsp3) is 0.190. The van der Waals surface area contributed by atoms with Crippen molar-refractivity contribution >= 4 is 17.7 Å². The van der Waals surface area contributed by atoms with E-state index in [1.54, 1.807) is 0 Å². The van der Waals surface area contributed by atoms with E-state index >= 15 is 0 Å². The highest BCUT2D eigenvalue weighted by atomic mass is 32.2. The molecule has 1 unspecified atom stereocenters. The third kappa shape index (κ3) is 4.78. The van der Waals surface area contributed by atoms with Gasteiger partial charge in [-0.3, -0.25) is 9.36 Å². The molecule has 0 aliphatic heterocycles. The summed E-state index contributed by atoms with van der Waals surface area (Å²) in [5.41, 5.74) is 2.12. The number of hydrogen-bond donors (Lipinski definition) is 1. The molecule has 5 nitrogen and oxygen atoms in total. The van der Waals surface area contributed by atoms with Crippen LogP contribution in [0.1, 0.15) is 18.3 Å². The second kappa shape index (κ2) is 9.06. The SMILES string of the molecule is C#CCNC(=O)C(C)Sc1nnc(Cc2ccccc2)n1-c1ccccc1. The predicted octanol–water partition coefficient (Wildman–Crippen LogP) is 3.09. The molecule has 0 fully saturated rings. The van der Waals surface area contributed by atoms with Crippen molar-refractivity contribution in [3.63, 3.8) is 0 Å². The van der Waals surface area contributed by atoms with Gasteiger partial charge in [0.1, 0.15) is 5.82 Å².